The highest BCUT2D eigenvalue weighted by atomic mass is 16.5. The maximum absolute atomic E-state index is 11.8. The number of hydrogen-bond acceptors (Lipinski definition) is 3. The van der Waals surface area contributed by atoms with Gasteiger partial charge in [0.05, 0.1) is 12.0 Å². The minimum absolute atomic E-state index is 0. The number of nitrogens with one attached hydrogen (secondary N) is 1. The van der Waals surface area contributed by atoms with Gasteiger partial charge in [0.15, 0.2) is 0 Å². The monoisotopic (exact) mass is 201 g/mol. The van der Waals surface area contributed by atoms with E-state index in [9.17, 15) is 4.79 Å². The zero-order valence-corrected chi connectivity index (χ0v) is 9.43. The van der Waals surface area contributed by atoms with Gasteiger partial charge in [-0.3, -0.25) is 4.79 Å². The van der Waals surface area contributed by atoms with Gasteiger partial charge in [0.1, 0.15) is 0 Å². The van der Waals surface area contributed by atoms with E-state index in [2.05, 4.69) is 12.2 Å². The zero-order chi connectivity index (χ0) is 10.6. The molecule has 2 unspecified atom stereocenters. The summed E-state index contributed by atoms with van der Waals surface area (Å²) in [7, 11) is 1.92. The lowest BCUT2D eigenvalue weighted by Gasteiger charge is -2.15. The summed E-state index contributed by atoms with van der Waals surface area (Å²) in [5.41, 5.74) is -0.145. The normalized spacial score (nSPS) is 30.1. The van der Waals surface area contributed by atoms with E-state index in [0.717, 1.165) is 25.8 Å². The summed E-state index contributed by atoms with van der Waals surface area (Å²) in [6, 6.07) is 0. The van der Waals surface area contributed by atoms with E-state index in [1.807, 2.05) is 14.0 Å². The van der Waals surface area contributed by atoms with Gasteiger partial charge in [-0.2, -0.15) is 0 Å². The van der Waals surface area contributed by atoms with Crippen LogP contribution in [0.4, 0.5) is 0 Å². The van der Waals surface area contributed by atoms with Crippen molar-refractivity contribution in [1.82, 2.24) is 5.32 Å². The molecule has 3 nitrogen and oxygen atoms in total. The SMILES string of the molecule is CCOC(=O)C1(CCNC)CC1CC.[HH]. The van der Waals surface area contributed by atoms with Crippen LogP contribution in [0.15, 0.2) is 0 Å². The van der Waals surface area contributed by atoms with Crippen molar-refractivity contribution in [2.45, 2.75) is 33.1 Å². The van der Waals surface area contributed by atoms with Crippen molar-refractivity contribution in [3.8, 4) is 0 Å². The van der Waals surface area contributed by atoms with Gasteiger partial charge in [-0.25, -0.2) is 0 Å². The van der Waals surface area contributed by atoms with E-state index >= 15 is 0 Å². The van der Waals surface area contributed by atoms with Crippen LogP contribution in [0.5, 0.6) is 0 Å². The standard InChI is InChI=1S/C11H21NO2.H2/c1-4-9-8-11(9,6-7-12-3)10(13)14-5-2;/h9,12H,4-8H2,1-3H3;1H. The van der Waals surface area contributed by atoms with Crippen LogP contribution in [-0.4, -0.2) is 26.2 Å². The summed E-state index contributed by atoms with van der Waals surface area (Å²) in [6.45, 7) is 5.41. The van der Waals surface area contributed by atoms with Gasteiger partial charge < -0.3 is 10.1 Å². The van der Waals surface area contributed by atoms with Gasteiger partial charge in [0.2, 0.25) is 0 Å². The predicted molar refractivity (Wildman–Crippen MR) is 58.1 cm³/mol. The number of hydrogen-bond donors (Lipinski definition) is 1. The summed E-state index contributed by atoms with van der Waals surface area (Å²) < 4.78 is 5.13. The molecule has 0 heterocycles. The lowest BCUT2D eigenvalue weighted by molar-refractivity contribution is -0.150. The van der Waals surface area contributed by atoms with Crippen LogP contribution < -0.4 is 5.32 Å². The first-order valence-corrected chi connectivity index (χ1v) is 5.53. The van der Waals surface area contributed by atoms with Crippen molar-refractivity contribution in [2.24, 2.45) is 11.3 Å². The lowest BCUT2D eigenvalue weighted by atomic mass is 9.98. The molecule has 1 saturated carbocycles. The first-order valence-electron chi connectivity index (χ1n) is 5.53. The highest BCUT2D eigenvalue weighted by Gasteiger charge is 2.59. The van der Waals surface area contributed by atoms with Crippen LogP contribution in [0.3, 0.4) is 0 Å². The van der Waals surface area contributed by atoms with E-state index in [4.69, 9.17) is 4.74 Å². The molecular formula is C11H23NO2. The van der Waals surface area contributed by atoms with Gasteiger partial charge >= 0.3 is 5.97 Å². The average molecular weight is 201 g/mol. The lowest BCUT2D eigenvalue weighted by Crippen LogP contribution is -2.25. The summed E-state index contributed by atoms with van der Waals surface area (Å²) in [5.74, 6) is 0.567. The Hall–Kier alpha value is -0.570. The molecular weight excluding hydrogens is 178 g/mol. The second-order valence-electron chi connectivity index (χ2n) is 4.04. The van der Waals surface area contributed by atoms with Crippen molar-refractivity contribution in [1.29, 1.82) is 0 Å². The minimum atomic E-state index is -0.145. The van der Waals surface area contributed by atoms with Crippen LogP contribution in [0.1, 0.15) is 34.5 Å². The molecule has 0 bridgehead atoms. The van der Waals surface area contributed by atoms with E-state index < -0.39 is 0 Å². The number of carbonyl (C=O) groups is 1. The van der Waals surface area contributed by atoms with E-state index in [0.29, 0.717) is 12.5 Å². The molecule has 0 amide bonds. The van der Waals surface area contributed by atoms with Crippen molar-refractivity contribution in [3.63, 3.8) is 0 Å². The number of rotatable bonds is 6. The Morgan fingerprint density at radius 3 is 2.79 bits per heavy atom. The predicted octanol–water partition coefficient (Wildman–Crippen LogP) is 1.82. The third kappa shape index (κ3) is 2.08. The third-order valence-electron chi connectivity index (χ3n) is 3.23. The molecule has 14 heavy (non-hydrogen) atoms. The van der Waals surface area contributed by atoms with E-state index in [1.165, 1.54) is 0 Å². The Bertz CT molecular complexity index is 211. The molecule has 0 spiro atoms. The molecule has 0 aliphatic heterocycles. The number of ether oxygens (including phenoxy) is 1. The summed E-state index contributed by atoms with van der Waals surface area (Å²) in [5, 5.41) is 3.10. The summed E-state index contributed by atoms with van der Waals surface area (Å²) >= 11 is 0. The minimum Gasteiger partial charge on any atom is -0.466 e. The second kappa shape index (κ2) is 4.78. The van der Waals surface area contributed by atoms with Gasteiger partial charge in [-0.15, -0.1) is 0 Å². The van der Waals surface area contributed by atoms with Gasteiger partial charge in [-0.1, -0.05) is 13.3 Å². The molecule has 3 heteroatoms. The first kappa shape index (κ1) is 11.5. The quantitative estimate of drug-likeness (QED) is 0.666. The fourth-order valence-electron chi connectivity index (χ4n) is 2.20. The van der Waals surface area contributed by atoms with Crippen LogP contribution >= 0.6 is 0 Å². The average Bonchev–Trinajstić information content (AvgIpc) is 2.90. The van der Waals surface area contributed by atoms with Crippen LogP contribution in [0.25, 0.3) is 0 Å². The first-order chi connectivity index (χ1) is 6.71. The zero-order valence-electron chi connectivity index (χ0n) is 9.43. The molecule has 1 aliphatic carbocycles. The van der Waals surface area contributed by atoms with Crippen molar-refractivity contribution in [2.75, 3.05) is 20.2 Å². The topological polar surface area (TPSA) is 38.3 Å². The second-order valence-corrected chi connectivity index (χ2v) is 4.04. The Labute approximate surface area is 87.7 Å². The molecule has 2 atom stereocenters. The Morgan fingerprint density at radius 2 is 2.36 bits per heavy atom. The summed E-state index contributed by atoms with van der Waals surface area (Å²) in [6.07, 6.45) is 3.02. The fourth-order valence-corrected chi connectivity index (χ4v) is 2.20. The fraction of sp³-hybridized carbons (Fsp3) is 0.909. The van der Waals surface area contributed by atoms with Gasteiger partial charge in [0.25, 0.3) is 0 Å². The Balaban J connectivity index is 0.00000196. The molecule has 1 aliphatic rings. The maximum Gasteiger partial charge on any atom is 0.312 e. The highest BCUT2D eigenvalue weighted by Crippen LogP contribution is 2.57. The molecule has 0 radical (unpaired) electrons. The molecule has 0 aromatic carbocycles. The molecule has 0 aromatic heterocycles. The van der Waals surface area contributed by atoms with Gasteiger partial charge in [-0.05, 0) is 39.3 Å². The van der Waals surface area contributed by atoms with Gasteiger partial charge in [0, 0.05) is 1.43 Å². The van der Waals surface area contributed by atoms with Crippen molar-refractivity contribution in [3.05, 3.63) is 0 Å². The number of carbonyl (C=O) groups excluding carboxylic acids is 1. The van der Waals surface area contributed by atoms with Crippen LogP contribution in [0.2, 0.25) is 0 Å². The number of esters is 1. The van der Waals surface area contributed by atoms with E-state index in [1.54, 1.807) is 0 Å². The molecule has 0 saturated heterocycles. The molecule has 84 valence electrons. The molecule has 1 rings (SSSR count). The van der Waals surface area contributed by atoms with Crippen LogP contribution in [0, 0.1) is 11.3 Å². The Morgan fingerprint density at radius 1 is 1.64 bits per heavy atom. The van der Waals surface area contributed by atoms with Crippen molar-refractivity contribution < 1.29 is 11.0 Å². The third-order valence-corrected chi connectivity index (χ3v) is 3.23. The molecule has 1 fully saturated rings. The van der Waals surface area contributed by atoms with E-state index in [-0.39, 0.29) is 12.8 Å². The Kier molecular flexibility index (Phi) is 3.93. The largest absolute Gasteiger partial charge is 0.466 e. The molecule has 0 aromatic rings. The summed E-state index contributed by atoms with van der Waals surface area (Å²) in [4.78, 5) is 11.8. The smallest absolute Gasteiger partial charge is 0.312 e. The van der Waals surface area contributed by atoms with Crippen molar-refractivity contribution >= 4 is 5.97 Å². The maximum atomic E-state index is 11.8. The van der Waals surface area contributed by atoms with Crippen LogP contribution in [-0.2, 0) is 9.53 Å². The molecule has 1 N–H and O–H groups in total. The highest BCUT2D eigenvalue weighted by molar-refractivity contribution is 5.80.